The van der Waals surface area contributed by atoms with Crippen LogP contribution in [0.3, 0.4) is 0 Å². The van der Waals surface area contributed by atoms with Gasteiger partial charge in [0.05, 0.1) is 0 Å². The normalized spacial score (nSPS) is 11.2. The van der Waals surface area contributed by atoms with Crippen LogP contribution in [-0.4, -0.2) is 60.0 Å². The van der Waals surface area contributed by atoms with Gasteiger partial charge in [-0.15, -0.1) is 0 Å². The molecular weight excluding hydrogens is 500 g/mol. The van der Waals surface area contributed by atoms with Gasteiger partial charge in [-0.25, -0.2) is 28.9 Å². The van der Waals surface area contributed by atoms with E-state index in [-0.39, 0.29) is 53.1 Å². The second-order valence-corrected chi connectivity index (χ2v) is 9.19. The van der Waals surface area contributed by atoms with Crippen molar-refractivity contribution in [2.45, 2.75) is 26.7 Å². The second-order valence-electron chi connectivity index (χ2n) is 7.57. The molecule has 3 heterocycles. The fourth-order valence-electron chi connectivity index (χ4n) is 3.63. The number of nitrogens with one attached hydrogen (secondary N) is 2. The van der Waals surface area contributed by atoms with Crippen LogP contribution in [0.5, 0.6) is 11.8 Å². The molecule has 183 valence electrons. The summed E-state index contributed by atoms with van der Waals surface area (Å²) in [6, 6.07) is 6.63. The molecule has 4 rings (SSSR count). The Bertz CT molecular complexity index is 1570. The van der Waals surface area contributed by atoms with Crippen LogP contribution in [0.25, 0.3) is 11.0 Å². The molecule has 0 fully saturated rings. The number of benzene rings is 1. The summed E-state index contributed by atoms with van der Waals surface area (Å²) >= 11 is 0. The molecule has 2 N–H and O–H groups in total. The fraction of sp³-hybridized carbons (Fsp3) is 0.217. The smallest absolute Gasteiger partial charge is 0.340 e. The first kappa shape index (κ1) is 27.7. The third kappa shape index (κ3) is 5.90. The van der Waals surface area contributed by atoms with Crippen molar-refractivity contribution >= 4 is 56.6 Å². The van der Waals surface area contributed by atoms with Gasteiger partial charge in [-0.05, 0) is 48.2 Å². The Balaban J connectivity index is 0.00000361. The maximum absolute atomic E-state index is 15.1. The summed E-state index contributed by atoms with van der Waals surface area (Å²) in [6.45, 7) is 3.72. The van der Waals surface area contributed by atoms with Gasteiger partial charge in [-0.2, -0.15) is 8.42 Å². The summed E-state index contributed by atoms with van der Waals surface area (Å²) < 4.78 is 53.9. The van der Waals surface area contributed by atoms with Crippen molar-refractivity contribution in [2.24, 2.45) is 0 Å². The van der Waals surface area contributed by atoms with Crippen LogP contribution in [0, 0.1) is 12.7 Å². The van der Waals surface area contributed by atoms with Gasteiger partial charge in [0.2, 0.25) is 0 Å². The summed E-state index contributed by atoms with van der Waals surface area (Å²) in [7, 11) is -2.79. The Morgan fingerprint density at radius 3 is 2.50 bits per heavy atom. The van der Waals surface area contributed by atoms with Gasteiger partial charge in [0.25, 0.3) is 10.2 Å². The number of aryl methyl sites for hydroxylation is 2. The van der Waals surface area contributed by atoms with Crippen LogP contribution in [-0.2, 0) is 23.1 Å². The Morgan fingerprint density at radius 2 is 1.83 bits per heavy atom. The van der Waals surface area contributed by atoms with Crippen LogP contribution >= 0.6 is 0 Å². The zero-order chi connectivity index (χ0) is 25.2. The Kier molecular flexibility index (Phi) is 8.80. The van der Waals surface area contributed by atoms with Crippen LogP contribution in [0.1, 0.15) is 29.2 Å². The number of pyridine rings is 1. The monoisotopic (exact) mass is 522 g/mol. The van der Waals surface area contributed by atoms with E-state index in [1.807, 2.05) is 29.4 Å². The van der Waals surface area contributed by atoms with Gasteiger partial charge in [0, 0.05) is 78.6 Å². The minimum atomic E-state index is -3.97. The van der Waals surface area contributed by atoms with E-state index in [2.05, 4.69) is 15.0 Å². The zero-order valence-electron chi connectivity index (χ0n) is 20.1. The molecule has 0 unspecified atom stereocenters. The number of rotatable bonds is 8. The van der Waals surface area contributed by atoms with Gasteiger partial charge in [0.1, 0.15) is 11.3 Å². The van der Waals surface area contributed by atoms with Gasteiger partial charge in [-0.1, -0.05) is 6.92 Å². The summed E-state index contributed by atoms with van der Waals surface area (Å²) in [6.07, 6.45) is 4.73. The number of hydrogen-bond acceptors (Lipinski definition) is 8. The molecule has 0 bridgehead atoms. The van der Waals surface area contributed by atoms with E-state index in [1.54, 1.807) is 24.5 Å². The van der Waals surface area contributed by atoms with E-state index in [0.29, 0.717) is 28.7 Å². The second kappa shape index (κ2) is 11.4. The molecule has 0 atom stereocenters. The van der Waals surface area contributed by atoms with Crippen molar-refractivity contribution in [1.82, 2.24) is 19.7 Å². The van der Waals surface area contributed by atoms with Crippen molar-refractivity contribution in [2.75, 3.05) is 11.8 Å². The largest absolute Gasteiger partial charge is 0.424 e. The molecule has 1 aromatic carbocycles. The van der Waals surface area contributed by atoms with E-state index in [0.717, 1.165) is 5.56 Å². The van der Waals surface area contributed by atoms with Crippen LogP contribution < -0.4 is 19.8 Å². The molecule has 0 amide bonds. The number of aromatic nitrogens is 3. The molecular formula is C23H22FN5NaO5S. The number of fused-ring (bicyclic) bond motifs is 1. The van der Waals surface area contributed by atoms with Crippen LogP contribution in [0.2, 0.25) is 0 Å². The molecule has 1 radical (unpaired) electrons. The van der Waals surface area contributed by atoms with E-state index >= 15 is 4.39 Å². The predicted molar refractivity (Wildman–Crippen MR) is 133 cm³/mol. The average molecular weight is 523 g/mol. The molecule has 13 heteroatoms. The SMILES string of the molecule is CCc1c(Cc2ccnc(NS(=O)(=O)NC)c2F)c(=O)oc2cc(Oc3ncccn3)c(C)cc12.[Na]. The summed E-state index contributed by atoms with van der Waals surface area (Å²) in [5.74, 6) is -0.917. The molecule has 0 spiro atoms. The van der Waals surface area contributed by atoms with Gasteiger partial charge in [-0.3, -0.25) is 4.72 Å². The maximum Gasteiger partial charge on any atom is 0.340 e. The first-order chi connectivity index (χ1) is 16.7. The van der Waals surface area contributed by atoms with Crippen molar-refractivity contribution in [1.29, 1.82) is 0 Å². The summed E-state index contributed by atoms with van der Waals surface area (Å²) in [5.41, 5.74) is 1.49. The molecule has 36 heavy (non-hydrogen) atoms. The quantitative estimate of drug-likeness (QED) is 0.266. The standard InChI is InChI=1S/C23H22FN5O5S.Na/c1-4-15-16-10-13(2)18(34-23-27-7-5-8-28-23)12-19(16)33-22(30)17(15)11-14-6-9-26-21(20(14)24)29-35(31,32)25-3;/h5-10,12,25H,4,11H2,1-3H3,(H,26,29);. The van der Waals surface area contributed by atoms with Crippen molar-refractivity contribution in [3.05, 3.63) is 81.3 Å². The third-order valence-corrected chi connectivity index (χ3v) is 6.35. The van der Waals surface area contributed by atoms with E-state index in [9.17, 15) is 13.2 Å². The first-order valence-corrected chi connectivity index (χ1v) is 12.1. The Hall–Kier alpha value is -2.90. The van der Waals surface area contributed by atoms with E-state index in [4.69, 9.17) is 9.15 Å². The van der Waals surface area contributed by atoms with Gasteiger partial charge >= 0.3 is 11.6 Å². The van der Waals surface area contributed by atoms with Crippen molar-refractivity contribution in [3.63, 3.8) is 0 Å². The van der Waals surface area contributed by atoms with E-state index < -0.39 is 27.5 Å². The molecule has 3 aromatic heterocycles. The van der Waals surface area contributed by atoms with E-state index in [1.165, 1.54) is 19.3 Å². The van der Waals surface area contributed by atoms with Crippen molar-refractivity contribution in [3.8, 4) is 11.8 Å². The maximum atomic E-state index is 15.1. The molecule has 0 aliphatic carbocycles. The number of ether oxygens (including phenoxy) is 1. The van der Waals surface area contributed by atoms with Crippen LogP contribution in [0.15, 0.2) is 52.1 Å². The zero-order valence-corrected chi connectivity index (χ0v) is 22.9. The molecule has 0 saturated heterocycles. The topological polar surface area (TPSA) is 136 Å². The molecule has 0 aliphatic rings. The molecule has 0 aliphatic heterocycles. The summed E-state index contributed by atoms with van der Waals surface area (Å²) in [5, 5.41) is 0.687. The molecule has 0 saturated carbocycles. The molecule has 4 aromatic rings. The van der Waals surface area contributed by atoms with Crippen molar-refractivity contribution < 1.29 is 22.0 Å². The van der Waals surface area contributed by atoms with Gasteiger partial charge < -0.3 is 9.15 Å². The van der Waals surface area contributed by atoms with Gasteiger partial charge in [0.15, 0.2) is 11.6 Å². The number of hydrogen-bond donors (Lipinski definition) is 2. The Labute approximate surface area is 228 Å². The number of anilines is 1. The number of halogens is 1. The molecule has 10 nitrogen and oxygen atoms in total. The Morgan fingerprint density at radius 1 is 1.11 bits per heavy atom. The first-order valence-electron chi connectivity index (χ1n) is 10.6. The predicted octanol–water partition coefficient (Wildman–Crippen LogP) is 2.87. The minimum absolute atomic E-state index is 0. The third-order valence-electron chi connectivity index (χ3n) is 5.35. The van der Waals surface area contributed by atoms with Crippen LogP contribution in [0.4, 0.5) is 10.2 Å². The average Bonchev–Trinajstić information content (AvgIpc) is 2.83. The minimum Gasteiger partial charge on any atom is -0.424 e. The fourth-order valence-corrected chi connectivity index (χ4v) is 4.13. The summed E-state index contributed by atoms with van der Waals surface area (Å²) in [4.78, 5) is 24.8. The number of nitrogens with zero attached hydrogens (tertiary/aromatic N) is 3.